The highest BCUT2D eigenvalue weighted by Crippen LogP contribution is 2.20. The molecule has 4 rings (SSSR count). The SMILES string of the molecule is CCn1c(=O)c(=O)[nH]c2cc(C(=O)NCC3CCCN(Cc4cccs4)C3)ccc21. The average molecular weight is 427 g/mol. The predicted octanol–water partition coefficient (Wildman–Crippen LogP) is 2.41. The Kier molecular flexibility index (Phi) is 6.15. The number of rotatable bonds is 6. The molecule has 1 amide bonds. The Hall–Kier alpha value is -2.71. The molecule has 8 heteroatoms. The van der Waals surface area contributed by atoms with E-state index in [1.807, 2.05) is 6.92 Å². The first kappa shape index (κ1) is 20.6. The van der Waals surface area contributed by atoms with Gasteiger partial charge in [-0.25, -0.2) is 0 Å². The number of hydrogen-bond acceptors (Lipinski definition) is 5. The van der Waals surface area contributed by atoms with Gasteiger partial charge in [0.25, 0.3) is 5.91 Å². The van der Waals surface area contributed by atoms with E-state index in [2.05, 4.69) is 32.7 Å². The van der Waals surface area contributed by atoms with Crippen LogP contribution >= 0.6 is 11.3 Å². The Morgan fingerprint density at radius 1 is 1.30 bits per heavy atom. The third-order valence-electron chi connectivity index (χ3n) is 5.67. The van der Waals surface area contributed by atoms with Gasteiger partial charge in [0.2, 0.25) is 0 Å². The van der Waals surface area contributed by atoms with Crippen molar-refractivity contribution in [3.8, 4) is 0 Å². The molecule has 0 spiro atoms. The van der Waals surface area contributed by atoms with Crippen LogP contribution in [0.25, 0.3) is 11.0 Å². The molecule has 0 saturated carbocycles. The maximum Gasteiger partial charge on any atom is 0.316 e. The highest BCUT2D eigenvalue weighted by atomic mass is 32.1. The molecule has 1 aromatic carbocycles. The Labute approximate surface area is 178 Å². The number of thiophene rings is 1. The van der Waals surface area contributed by atoms with E-state index >= 15 is 0 Å². The average Bonchev–Trinajstić information content (AvgIpc) is 3.26. The number of hydrogen-bond donors (Lipinski definition) is 2. The lowest BCUT2D eigenvalue weighted by molar-refractivity contribution is 0.0931. The number of carbonyl (C=O) groups excluding carboxylic acids is 1. The maximum atomic E-state index is 12.7. The number of benzene rings is 1. The summed E-state index contributed by atoms with van der Waals surface area (Å²) >= 11 is 1.78. The zero-order chi connectivity index (χ0) is 21.1. The number of aromatic amines is 1. The number of aryl methyl sites for hydroxylation is 1. The molecule has 1 fully saturated rings. The fourth-order valence-electron chi connectivity index (χ4n) is 4.16. The van der Waals surface area contributed by atoms with Gasteiger partial charge in [-0.2, -0.15) is 0 Å². The molecule has 0 aliphatic carbocycles. The van der Waals surface area contributed by atoms with Crippen LogP contribution in [0.3, 0.4) is 0 Å². The van der Waals surface area contributed by atoms with Crippen LogP contribution < -0.4 is 16.4 Å². The number of amides is 1. The zero-order valence-corrected chi connectivity index (χ0v) is 17.8. The van der Waals surface area contributed by atoms with Gasteiger partial charge < -0.3 is 14.9 Å². The van der Waals surface area contributed by atoms with Gasteiger partial charge in [0.15, 0.2) is 0 Å². The summed E-state index contributed by atoms with van der Waals surface area (Å²) in [6.07, 6.45) is 2.24. The number of nitrogens with zero attached hydrogens (tertiary/aromatic N) is 2. The minimum atomic E-state index is -0.671. The fourth-order valence-corrected chi connectivity index (χ4v) is 4.90. The van der Waals surface area contributed by atoms with E-state index < -0.39 is 11.1 Å². The van der Waals surface area contributed by atoms with E-state index in [0.29, 0.717) is 35.6 Å². The van der Waals surface area contributed by atoms with E-state index in [4.69, 9.17) is 0 Å². The van der Waals surface area contributed by atoms with Gasteiger partial charge in [0.05, 0.1) is 11.0 Å². The second-order valence-corrected chi connectivity index (χ2v) is 8.80. The van der Waals surface area contributed by atoms with E-state index in [-0.39, 0.29) is 5.91 Å². The van der Waals surface area contributed by atoms with Crippen LogP contribution in [0.15, 0.2) is 45.3 Å². The lowest BCUT2D eigenvalue weighted by Crippen LogP contribution is -2.40. The molecule has 0 bridgehead atoms. The first-order chi connectivity index (χ1) is 14.5. The third-order valence-corrected chi connectivity index (χ3v) is 6.53. The molecule has 1 saturated heterocycles. The van der Waals surface area contributed by atoms with Crippen LogP contribution in [0.5, 0.6) is 0 Å². The van der Waals surface area contributed by atoms with Gasteiger partial charge in [-0.3, -0.25) is 19.3 Å². The molecule has 1 atom stereocenters. The van der Waals surface area contributed by atoms with E-state index in [9.17, 15) is 14.4 Å². The number of likely N-dealkylation sites (tertiary alicyclic amines) is 1. The monoisotopic (exact) mass is 426 g/mol. The molecular formula is C22H26N4O3S. The largest absolute Gasteiger partial charge is 0.352 e. The Morgan fingerprint density at radius 3 is 2.93 bits per heavy atom. The lowest BCUT2D eigenvalue weighted by Gasteiger charge is -2.32. The van der Waals surface area contributed by atoms with Crippen LogP contribution in [0, 0.1) is 5.92 Å². The number of nitrogens with one attached hydrogen (secondary N) is 2. The number of fused-ring (bicyclic) bond motifs is 1. The van der Waals surface area contributed by atoms with Crippen LogP contribution in [0.2, 0.25) is 0 Å². The summed E-state index contributed by atoms with van der Waals surface area (Å²) in [5.41, 5.74) is 0.344. The minimum absolute atomic E-state index is 0.164. The van der Waals surface area contributed by atoms with Crippen molar-refractivity contribution in [1.82, 2.24) is 19.8 Å². The second-order valence-electron chi connectivity index (χ2n) is 7.77. The number of piperidine rings is 1. The standard InChI is InChI=1S/C22H26N4O3S/c1-2-26-19-8-7-16(11-18(19)24-21(28)22(26)29)20(27)23-12-15-5-3-9-25(13-15)14-17-6-4-10-30-17/h4,6-8,10-11,15H,2-3,5,9,12-14H2,1H3,(H,23,27)(H,24,28). The number of carbonyl (C=O) groups is 1. The molecule has 1 aliphatic heterocycles. The second kappa shape index (κ2) is 8.97. The minimum Gasteiger partial charge on any atom is -0.352 e. The third kappa shape index (κ3) is 4.39. The predicted molar refractivity (Wildman–Crippen MR) is 119 cm³/mol. The summed E-state index contributed by atoms with van der Waals surface area (Å²) in [7, 11) is 0. The van der Waals surface area contributed by atoms with E-state index in [1.54, 1.807) is 29.5 Å². The van der Waals surface area contributed by atoms with Gasteiger partial charge in [0.1, 0.15) is 0 Å². The van der Waals surface area contributed by atoms with Crippen LogP contribution in [0.4, 0.5) is 0 Å². The van der Waals surface area contributed by atoms with Gasteiger partial charge in [-0.05, 0) is 61.9 Å². The van der Waals surface area contributed by atoms with Crippen molar-refractivity contribution in [2.24, 2.45) is 5.92 Å². The summed E-state index contributed by atoms with van der Waals surface area (Å²) < 4.78 is 1.42. The molecule has 158 valence electrons. The first-order valence-corrected chi connectivity index (χ1v) is 11.2. The quantitative estimate of drug-likeness (QED) is 0.593. The van der Waals surface area contributed by atoms with Crippen molar-refractivity contribution in [3.63, 3.8) is 0 Å². The summed E-state index contributed by atoms with van der Waals surface area (Å²) in [5.74, 6) is 0.260. The summed E-state index contributed by atoms with van der Waals surface area (Å²) in [6, 6.07) is 9.30. The van der Waals surface area contributed by atoms with E-state index in [0.717, 1.165) is 32.5 Å². The summed E-state index contributed by atoms with van der Waals surface area (Å²) in [4.78, 5) is 43.0. The maximum absolute atomic E-state index is 12.7. The molecule has 1 unspecified atom stereocenters. The molecule has 30 heavy (non-hydrogen) atoms. The zero-order valence-electron chi connectivity index (χ0n) is 17.0. The molecule has 3 heterocycles. The number of aromatic nitrogens is 2. The Bertz CT molecular complexity index is 1150. The Balaban J connectivity index is 1.41. The van der Waals surface area contributed by atoms with Gasteiger partial charge in [-0.1, -0.05) is 6.07 Å². The van der Waals surface area contributed by atoms with Crippen molar-refractivity contribution < 1.29 is 4.79 Å². The molecule has 0 radical (unpaired) electrons. The molecule has 1 aliphatic rings. The first-order valence-electron chi connectivity index (χ1n) is 10.3. The van der Waals surface area contributed by atoms with Crippen LogP contribution in [-0.2, 0) is 13.1 Å². The highest BCUT2D eigenvalue weighted by molar-refractivity contribution is 7.09. The topological polar surface area (TPSA) is 87.2 Å². The van der Waals surface area contributed by atoms with Crippen molar-refractivity contribution in [1.29, 1.82) is 0 Å². The van der Waals surface area contributed by atoms with Crippen molar-refractivity contribution >= 4 is 28.3 Å². The van der Waals surface area contributed by atoms with Crippen molar-refractivity contribution in [2.75, 3.05) is 19.6 Å². The molecule has 2 N–H and O–H groups in total. The fraction of sp³-hybridized carbons (Fsp3) is 0.409. The summed E-state index contributed by atoms with van der Waals surface area (Å²) in [5, 5.41) is 5.15. The summed E-state index contributed by atoms with van der Waals surface area (Å²) in [6.45, 7) is 5.88. The molecule has 7 nitrogen and oxygen atoms in total. The van der Waals surface area contributed by atoms with E-state index in [1.165, 1.54) is 9.44 Å². The molecule has 2 aromatic heterocycles. The van der Waals surface area contributed by atoms with Crippen LogP contribution in [0.1, 0.15) is 35.0 Å². The van der Waals surface area contributed by atoms with Crippen molar-refractivity contribution in [3.05, 3.63) is 66.9 Å². The van der Waals surface area contributed by atoms with Crippen LogP contribution in [-0.4, -0.2) is 40.0 Å². The lowest BCUT2D eigenvalue weighted by atomic mass is 9.97. The Morgan fingerprint density at radius 2 is 2.17 bits per heavy atom. The molecule has 3 aromatic rings. The smallest absolute Gasteiger partial charge is 0.316 e. The highest BCUT2D eigenvalue weighted by Gasteiger charge is 2.21. The van der Waals surface area contributed by atoms with Gasteiger partial charge in [-0.15, -0.1) is 11.3 Å². The van der Waals surface area contributed by atoms with Crippen molar-refractivity contribution in [2.45, 2.75) is 32.9 Å². The van der Waals surface area contributed by atoms with Gasteiger partial charge >= 0.3 is 11.1 Å². The van der Waals surface area contributed by atoms with Gasteiger partial charge in [0, 0.05) is 36.6 Å². The normalized spacial score (nSPS) is 17.3. The molecular weight excluding hydrogens is 400 g/mol. The number of H-pyrrole nitrogens is 1.